The maximum absolute atomic E-state index is 11.2. The average Bonchev–Trinajstić information content (AvgIpc) is 2.02. The molecule has 1 unspecified atom stereocenters. The molecule has 1 atom stereocenters. The SMILES string of the molecule is CC(CC(N)=O)NC(=O)CCCCCl. The van der Waals surface area contributed by atoms with Gasteiger partial charge in [-0.3, -0.25) is 9.59 Å². The normalized spacial score (nSPS) is 12.1. The van der Waals surface area contributed by atoms with Gasteiger partial charge >= 0.3 is 0 Å². The molecule has 0 aliphatic heterocycles. The van der Waals surface area contributed by atoms with Crippen LogP contribution in [0.25, 0.3) is 0 Å². The van der Waals surface area contributed by atoms with Crippen LogP contribution in [-0.2, 0) is 9.59 Å². The van der Waals surface area contributed by atoms with Crippen molar-refractivity contribution in [3.05, 3.63) is 0 Å². The van der Waals surface area contributed by atoms with Gasteiger partial charge in [0.15, 0.2) is 0 Å². The second kappa shape index (κ2) is 7.62. The van der Waals surface area contributed by atoms with Crippen molar-refractivity contribution in [2.24, 2.45) is 5.73 Å². The van der Waals surface area contributed by atoms with Crippen LogP contribution in [0.1, 0.15) is 32.6 Å². The number of carbonyl (C=O) groups excluding carboxylic acids is 2. The van der Waals surface area contributed by atoms with E-state index in [0.717, 1.165) is 12.8 Å². The molecule has 0 spiro atoms. The first-order chi connectivity index (χ1) is 6.56. The number of hydrogen-bond acceptors (Lipinski definition) is 2. The van der Waals surface area contributed by atoms with Gasteiger partial charge in [-0.05, 0) is 19.8 Å². The van der Waals surface area contributed by atoms with Crippen LogP contribution in [-0.4, -0.2) is 23.7 Å². The summed E-state index contributed by atoms with van der Waals surface area (Å²) in [5.74, 6) is 0.117. The third-order valence-electron chi connectivity index (χ3n) is 1.70. The molecule has 0 aliphatic rings. The maximum Gasteiger partial charge on any atom is 0.220 e. The number of hydrogen-bond donors (Lipinski definition) is 2. The van der Waals surface area contributed by atoms with Gasteiger partial charge in [-0.1, -0.05) is 0 Å². The molecular formula is C9H17ClN2O2. The zero-order valence-corrected chi connectivity index (χ0v) is 9.14. The summed E-state index contributed by atoms with van der Waals surface area (Å²) < 4.78 is 0. The summed E-state index contributed by atoms with van der Waals surface area (Å²) in [4.78, 5) is 21.7. The van der Waals surface area contributed by atoms with Gasteiger partial charge in [-0.25, -0.2) is 0 Å². The Balaban J connectivity index is 3.55. The van der Waals surface area contributed by atoms with Crippen molar-refractivity contribution in [2.45, 2.75) is 38.6 Å². The number of nitrogens with one attached hydrogen (secondary N) is 1. The Kier molecular flexibility index (Phi) is 7.20. The number of carbonyl (C=O) groups is 2. The number of halogens is 1. The summed E-state index contributed by atoms with van der Waals surface area (Å²) >= 11 is 5.47. The van der Waals surface area contributed by atoms with E-state index in [1.807, 2.05) is 0 Å². The first-order valence-electron chi connectivity index (χ1n) is 4.70. The molecule has 0 aromatic carbocycles. The molecule has 14 heavy (non-hydrogen) atoms. The van der Waals surface area contributed by atoms with Gasteiger partial charge in [-0.15, -0.1) is 11.6 Å². The minimum Gasteiger partial charge on any atom is -0.370 e. The molecule has 3 N–H and O–H groups in total. The lowest BCUT2D eigenvalue weighted by atomic mass is 10.2. The molecule has 0 aliphatic carbocycles. The minimum atomic E-state index is -0.404. The fraction of sp³-hybridized carbons (Fsp3) is 0.778. The predicted octanol–water partition coefficient (Wildman–Crippen LogP) is 0.776. The third kappa shape index (κ3) is 7.86. The van der Waals surface area contributed by atoms with Crippen LogP contribution in [0.2, 0.25) is 0 Å². The van der Waals surface area contributed by atoms with Gasteiger partial charge in [0, 0.05) is 24.8 Å². The van der Waals surface area contributed by atoms with E-state index < -0.39 is 5.91 Å². The van der Waals surface area contributed by atoms with E-state index in [2.05, 4.69) is 5.32 Å². The van der Waals surface area contributed by atoms with E-state index in [1.54, 1.807) is 6.92 Å². The lowest BCUT2D eigenvalue weighted by molar-refractivity contribution is -0.122. The minimum absolute atomic E-state index is 0.0520. The summed E-state index contributed by atoms with van der Waals surface area (Å²) in [7, 11) is 0. The smallest absolute Gasteiger partial charge is 0.220 e. The molecule has 0 saturated heterocycles. The molecule has 0 aromatic heterocycles. The van der Waals surface area contributed by atoms with Gasteiger partial charge in [0.25, 0.3) is 0 Å². The van der Waals surface area contributed by atoms with Crippen LogP contribution in [0, 0.1) is 0 Å². The molecular weight excluding hydrogens is 204 g/mol. The highest BCUT2D eigenvalue weighted by Gasteiger charge is 2.08. The van der Waals surface area contributed by atoms with Crippen LogP contribution in [0.5, 0.6) is 0 Å². The zero-order valence-electron chi connectivity index (χ0n) is 8.38. The van der Waals surface area contributed by atoms with Crippen LogP contribution in [0.15, 0.2) is 0 Å². The topological polar surface area (TPSA) is 72.2 Å². The Morgan fingerprint density at radius 2 is 2.07 bits per heavy atom. The van der Waals surface area contributed by atoms with Crippen molar-refractivity contribution in [1.82, 2.24) is 5.32 Å². The Labute approximate surface area is 89.2 Å². The molecule has 2 amide bonds. The summed E-state index contributed by atoms with van der Waals surface area (Å²) in [5, 5.41) is 2.69. The number of unbranched alkanes of at least 4 members (excludes halogenated alkanes) is 1. The second-order valence-corrected chi connectivity index (χ2v) is 3.66. The van der Waals surface area contributed by atoms with E-state index in [1.165, 1.54) is 0 Å². The van der Waals surface area contributed by atoms with E-state index in [9.17, 15) is 9.59 Å². The first-order valence-corrected chi connectivity index (χ1v) is 5.23. The summed E-state index contributed by atoms with van der Waals surface area (Å²) in [6.07, 6.45) is 2.24. The van der Waals surface area contributed by atoms with Crippen LogP contribution in [0.3, 0.4) is 0 Å². The van der Waals surface area contributed by atoms with Gasteiger partial charge in [-0.2, -0.15) is 0 Å². The summed E-state index contributed by atoms with van der Waals surface area (Å²) in [6, 6.07) is -0.184. The molecule has 0 bridgehead atoms. The highest BCUT2D eigenvalue weighted by molar-refractivity contribution is 6.17. The molecule has 0 heterocycles. The lowest BCUT2D eigenvalue weighted by Gasteiger charge is -2.11. The molecule has 0 radical (unpaired) electrons. The average molecular weight is 221 g/mol. The van der Waals surface area contributed by atoms with E-state index in [0.29, 0.717) is 12.3 Å². The lowest BCUT2D eigenvalue weighted by Crippen LogP contribution is -2.35. The Morgan fingerprint density at radius 3 is 2.57 bits per heavy atom. The van der Waals surface area contributed by atoms with E-state index in [-0.39, 0.29) is 18.4 Å². The number of nitrogens with two attached hydrogens (primary N) is 1. The van der Waals surface area contributed by atoms with E-state index >= 15 is 0 Å². The van der Waals surface area contributed by atoms with Gasteiger partial charge in [0.1, 0.15) is 0 Å². The van der Waals surface area contributed by atoms with Crippen molar-refractivity contribution in [3.8, 4) is 0 Å². The van der Waals surface area contributed by atoms with Crippen molar-refractivity contribution < 1.29 is 9.59 Å². The molecule has 0 rings (SSSR count). The number of primary amides is 1. The molecule has 0 saturated carbocycles. The summed E-state index contributed by atoms with van der Waals surface area (Å²) in [5.41, 5.74) is 4.98. The predicted molar refractivity (Wildman–Crippen MR) is 56.0 cm³/mol. The zero-order chi connectivity index (χ0) is 11.0. The van der Waals surface area contributed by atoms with Crippen molar-refractivity contribution in [3.63, 3.8) is 0 Å². The maximum atomic E-state index is 11.2. The summed E-state index contributed by atoms with van der Waals surface area (Å²) in [6.45, 7) is 1.75. The number of alkyl halides is 1. The monoisotopic (exact) mass is 220 g/mol. The Hall–Kier alpha value is -0.770. The van der Waals surface area contributed by atoms with Crippen molar-refractivity contribution in [1.29, 1.82) is 0 Å². The standard InChI is InChI=1S/C9H17ClN2O2/c1-7(6-8(11)13)12-9(14)4-2-3-5-10/h7H,2-6H2,1H3,(H2,11,13)(H,12,14). The molecule has 4 nitrogen and oxygen atoms in total. The molecule has 0 fully saturated rings. The fourth-order valence-electron chi connectivity index (χ4n) is 1.08. The number of rotatable bonds is 7. The largest absolute Gasteiger partial charge is 0.370 e. The quantitative estimate of drug-likeness (QED) is 0.492. The van der Waals surface area contributed by atoms with Crippen molar-refractivity contribution in [2.75, 3.05) is 5.88 Å². The highest BCUT2D eigenvalue weighted by Crippen LogP contribution is 1.98. The second-order valence-electron chi connectivity index (χ2n) is 3.29. The molecule has 0 aromatic rings. The van der Waals surface area contributed by atoms with Gasteiger partial charge < -0.3 is 11.1 Å². The first kappa shape index (κ1) is 13.2. The Morgan fingerprint density at radius 1 is 1.43 bits per heavy atom. The molecule has 5 heteroatoms. The number of amides is 2. The third-order valence-corrected chi connectivity index (χ3v) is 1.97. The Bertz CT molecular complexity index is 197. The van der Waals surface area contributed by atoms with Gasteiger partial charge in [0.05, 0.1) is 0 Å². The van der Waals surface area contributed by atoms with Gasteiger partial charge in [0.2, 0.25) is 11.8 Å². The molecule has 82 valence electrons. The van der Waals surface area contributed by atoms with Crippen LogP contribution in [0.4, 0.5) is 0 Å². The van der Waals surface area contributed by atoms with Crippen LogP contribution >= 0.6 is 11.6 Å². The van der Waals surface area contributed by atoms with Crippen molar-refractivity contribution >= 4 is 23.4 Å². The van der Waals surface area contributed by atoms with Crippen LogP contribution < -0.4 is 11.1 Å². The van der Waals surface area contributed by atoms with E-state index in [4.69, 9.17) is 17.3 Å². The highest BCUT2D eigenvalue weighted by atomic mass is 35.5. The fourth-order valence-corrected chi connectivity index (χ4v) is 1.27.